The number of aromatic nitrogens is 2. The van der Waals surface area contributed by atoms with Gasteiger partial charge in [0.1, 0.15) is 6.61 Å². The van der Waals surface area contributed by atoms with Gasteiger partial charge in [0.2, 0.25) is 0 Å². The summed E-state index contributed by atoms with van der Waals surface area (Å²) in [5, 5.41) is 2.47. The van der Waals surface area contributed by atoms with Gasteiger partial charge in [0.25, 0.3) is 0 Å². The van der Waals surface area contributed by atoms with E-state index in [1.165, 1.54) is 21.9 Å². The highest BCUT2D eigenvalue weighted by atomic mass is 35.5. The Labute approximate surface area is 252 Å². The van der Waals surface area contributed by atoms with Crippen molar-refractivity contribution in [2.45, 2.75) is 44.9 Å². The van der Waals surface area contributed by atoms with Crippen molar-refractivity contribution in [1.29, 1.82) is 0 Å². The molecular weight excluding hydrogens is 548 g/mol. The van der Waals surface area contributed by atoms with Gasteiger partial charge in [-0.15, -0.1) is 12.4 Å². The number of likely N-dealkylation sites (tertiary alicyclic amines) is 1. The van der Waals surface area contributed by atoms with E-state index in [4.69, 9.17) is 4.74 Å². The maximum Gasteiger partial charge on any atom is 0.409 e. The van der Waals surface area contributed by atoms with Crippen LogP contribution in [0.2, 0.25) is 0 Å². The summed E-state index contributed by atoms with van der Waals surface area (Å²) in [4.78, 5) is 32.8. The molecule has 1 N–H and O–H groups in total. The number of nitrogens with one attached hydrogen (secondary N) is 1. The molecule has 2 heterocycles. The van der Waals surface area contributed by atoms with Crippen LogP contribution in [-0.2, 0) is 17.8 Å². The first-order chi connectivity index (χ1) is 20.1. The molecule has 1 atom stereocenters. The molecule has 5 aromatic rings. The van der Waals surface area contributed by atoms with E-state index in [-0.39, 0.29) is 36.3 Å². The van der Waals surface area contributed by atoms with Crippen LogP contribution >= 0.6 is 12.4 Å². The Balaban J connectivity index is 0.00000353. The van der Waals surface area contributed by atoms with Gasteiger partial charge in [-0.3, -0.25) is 9.47 Å². The molecule has 0 bridgehead atoms. The van der Waals surface area contributed by atoms with Crippen LogP contribution < -0.4 is 5.69 Å². The summed E-state index contributed by atoms with van der Waals surface area (Å²) in [6, 6.07) is 33.1. The number of hydrogen-bond acceptors (Lipinski definition) is 4. The zero-order chi connectivity index (χ0) is 28.2. The van der Waals surface area contributed by atoms with Gasteiger partial charge in [0, 0.05) is 38.3 Å². The minimum absolute atomic E-state index is 0. The standard InChI is InChI=1S/C34H36N4O3.ClH/c1-25(37(22-26-10-3-2-4-11-26)23-28-14-9-13-27-12-5-6-15-30(27)28)24-41-34(40)36-20-18-29(19-21-36)38-32-17-8-7-16-31(32)35-33(38)39;/h2-17,25,29H,18-24H2,1H3,(H,35,39);1H. The van der Waals surface area contributed by atoms with Gasteiger partial charge in [0.05, 0.1) is 11.0 Å². The van der Waals surface area contributed by atoms with Crippen molar-refractivity contribution in [3.8, 4) is 0 Å². The number of H-pyrrole nitrogens is 1. The molecule has 0 saturated carbocycles. The zero-order valence-electron chi connectivity index (χ0n) is 23.8. The minimum Gasteiger partial charge on any atom is -0.448 e. The number of fused-ring (bicyclic) bond motifs is 2. The van der Waals surface area contributed by atoms with Gasteiger partial charge in [-0.1, -0.05) is 84.9 Å². The maximum atomic E-state index is 13.1. The molecule has 0 spiro atoms. The van der Waals surface area contributed by atoms with Crippen molar-refractivity contribution >= 4 is 40.3 Å². The van der Waals surface area contributed by atoms with Crippen molar-refractivity contribution in [2.75, 3.05) is 19.7 Å². The number of carbonyl (C=O) groups excluding carboxylic acids is 1. The van der Waals surface area contributed by atoms with E-state index in [1.807, 2.05) is 34.9 Å². The summed E-state index contributed by atoms with van der Waals surface area (Å²) in [5.41, 5.74) is 4.15. The summed E-state index contributed by atoms with van der Waals surface area (Å²) in [5.74, 6) is 0. The highest BCUT2D eigenvalue weighted by Crippen LogP contribution is 2.26. The molecule has 1 amide bonds. The molecule has 218 valence electrons. The lowest BCUT2D eigenvalue weighted by atomic mass is 10.0. The van der Waals surface area contributed by atoms with E-state index in [1.54, 1.807) is 4.90 Å². The summed E-state index contributed by atoms with van der Waals surface area (Å²) < 4.78 is 7.72. The lowest BCUT2D eigenvalue weighted by molar-refractivity contribution is 0.0568. The van der Waals surface area contributed by atoms with Gasteiger partial charge >= 0.3 is 11.8 Å². The predicted octanol–water partition coefficient (Wildman–Crippen LogP) is 6.77. The van der Waals surface area contributed by atoms with E-state index in [0.29, 0.717) is 32.5 Å². The minimum atomic E-state index is -0.286. The molecule has 4 aromatic carbocycles. The Morgan fingerprint density at radius 3 is 2.40 bits per heavy atom. The molecule has 0 aliphatic carbocycles. The van der Waals surface area contributed by atoms with E-state index >= 15 is 0 Å². The van der Waals surface area contributed by atoms with E-state index in [9.17, 15) is 9.59 Å². The van der Waals surface area contributed by atoms with Crippen molar-refractivity contribution in [2.24, 2.45) is 0 Å². The molecule has 7 nitrogen and oxygen atoms in total. The molecule has 1 unspecified atom stereocenters. The van der Waals surface area contributed by atoms with Gasteiger partial charge in [-0.25, -0.2) is 9.59 Å². The number of aromatic amines is 1. The third-order valence-electron chi connectivity index (χ3n) is 8.27. The summed E-state index contributed by atoms with van der Waals surface area (Å²) >= 11 is 0. The fourth-order valence-electron chi connectivity index (χ4n) is 5.97. The van der Waals surface area contributed by atoms with Crippen molar-refractivity contribution in [1.82, 2.24) is 19.4 Å². The topological polar surface area (TPSA) is 70.6 Å². The predicted molar refractivity (Wildman–Crippen MR) is 170 cm³/mol. The molecule has 6 rings (SSSR count). The lowest BCUT2D eigenvalue weighted by Crippen LogP contribution is -2.42. The largest absolute Gasteiger partial charge is 0.448 e. The molecule has 0 radical (unpaired) electrons. The number of ether oxygens (including phenoxy) is 1. The lowest BCUT2D eigenvalue weighted by Gasteiger charge is -2.33. The van der Waals surface area contributed by atoms with Gasteiger partial charge < -0.3 is 14.6 Å². The second-order valence-corrected chi connectivity index (χ2v) is 11.0. The van der Waals surface area contributed by atoms with Gasteiger partial charge in [0.15, 0.2) is 0 Å². The van der Waals surface area contributed by atoms with Crippen LogP contribution in [0.5, 0.6) is 0 Å². The third kappa shape index (κ3) is 6.37. The molecule has 42 heavy (non-hydrogen) atoms. The smallest absolute Gasteiger partial charge is 0.409 e. The van der Waals surface area contributed by atoms with Crippen LogP contribution in [-0.4, -0.2) is 51.2 Å². The number of halogens is 1. The number of amides is 1. The van der Waals surface area contributed by atoms with Crippen LogP contribution in [0.4, 0.5) is 4.79 Å². The average molecular weight is 585 g/mol. The van der Waals surface area contributed by atoms with Crippen LogP contribution in [0.1, 0.15) is 36.9 Å². The summed E-state index contributed by atoms with van der Waals surface area (Å²) in [7, 11) is 0. The van der Waals surface area contributed by atoms with Crippen LogP contribution in [0.15, 0.2) is 102 Å². The van der Waals surface area contributed by atoms with Crippen molar-refractivity contribution in [3.05, 3.63) is 119 Å². The first-order valence-corrected chi connectivity index (χ1v) is 14.4. The monoisotopic (exact) mass is 584 g/mol. The Hall–Kier alpha value is -4.07. The van der Waals surface area contributed by atoms with E-state index in [2.05, 4.69) is 83.5 Å². The van der Waals surface area contributed by atoms with Crippen LogP contribution in [0, 0.1) is 0 Å². The molecule has 1 aromatic heterocycles. The Bertz CT molecular complexity index is 1690. The highest BCUT2D eigenvalue weighted by molar-refractivity contribution is 5.86. The fraction of sp³-hybridized carbons (Fsp3) is 0.294. The molecule has 1 aliphatic rings. The number of hydrogen-bond donors (Lipinski definition) is 1. The SMILES string of the molecule is CC(COC(=O)N1CCC(n2c(=O)[nH]c3ccccc32)CC1)N(Cc1ccccc1)Cc1cccc2ccccc12.Cl. The number of carbonyl (C=O) groups is 1. The number of imidazole rings is 1. The molecular formula is C34H37ClN4O3. The quantitative estimate of drug-likeness (QED) is 0.218. The zero-order valence-corrected chi connectivity index (χ0v) is 24.6. The second kappa shape index (κ2) is 13.3. The van der Waals surface area contributed by atoms with Crippen molar-refractivity contribution < 1.29 is 9.53 Å². The third-order valence-corrected chi connectivity index (χ3v) is 8.27. The van der Waals surface area contributed by atoms with E-state index < -0.39 is 0 Å². The summed E-state index contributed by atoms with van der Waals surface area (Å²) in [6.07, 6.45) is 1.15. The van der Waals surface area contributed by atoms with Crippen LogP contribution in [0.25, 0.3) is 21.8 Å². The van der Waals surface area contributed by atoms with Gasteiger partial charge in [-0.05, 0) is 53.8 Å². The number of piperidine rings is 1. The number of para-hydroxylation sites is 2. The normalized spacial score (nSPS) is 14.7. The molecule has 8 heteroatoms. The molecule has 1 aliphatic heterocycles. The van der Waals surface area contributed by atoms with E-state index in [0.717, 1.165) is 24.1 Å². The molecule has 1 saturated heterocycles. The van der Waals surface area contributed by atoms with Gasteiger partial charge in [-0.2, -0.15) is 0 Å². The second-order valence-electron chi connectivity index (χ2n) is 11.0. The first-order valence-electron chi connectivity index (χ1n) is 14.4. The Morgan fingerprint density at radius 2 is 1.60 bits per heavy atom. The number of rotatable bonds is 8. The van der Waals surface area contributed by atoms with Crippen LogP contribution in [0.3, 0.4) is 0 Å². The highest BCUT2D eigenvalue weighted by Gasteiger charge is 2.27. The Kier molecular flexibility index (Phi) is 9.30. The molecule has 1 fully saturated rings. The Morgan fingerprint density at radius 1 is 0.905 bits per heavy atom. The average Bonchev–Trinajstić information content (AvgIpc) is 3.35. The van der Waals surface area contributed by atoms with Crippen molar-refractivity contribution in [3.63, 3.8) is 0 Å². The maximum absolute atomic E-state index is 13.1. The number of benzene rings is 4. The first kappa shape index (κ1) is 29.4. The number of nitrogens with zero attached hydrogens (tertiary/aromatic N) is 3. The fourth-order valence-corrected chi connectivity index (χ4v) is 5.97. The summed E-state index contributed by atoms with van der Waals surface area (Å²) in [6.45, 7) is 5.06.